The standard InChI is InChI=1S/C17H22N2O5/c1-23-9-5-8-19-11-12(10-15(19)20)16(21)18-14-7-4-3-6-13(14)17(22)24-2/h3-4,6-7,12H,5,8-11H2,1-2H3,(H,18,21). The van der Waals surface area contributed by atoms with E-state index in [4.69, 9.17) is 9.47 Å². The second kappa shape index (κ2) is 8.44. The molecule has 1 aromatic carbocycles. The summed E-state index contributed by atoms with van der Waals surface area (Å²) in [6, 6.07) is 6.63. The molecule has 7 heteroatoms. The lowest BCUT2D eigenvalue weighted by Gasteiger charge is -2.16. The molecule has 130 valence electrons. The van der Waals surface area contributed by atoms with Crippen molar-refractivity contribution in [3.05, 3.63) is 29.8 Å². The number of likely N-dealkylation sites (tertiary alicyclic amines) is 1. The second-order valence-corrected chi connectivity index (χ2v) is 5.61. The first-order valence-corrected chi connectivity index (χ1v) is 7.81. The zero-order chi connectivity index (χ0) is 17.5. The number of amides is 2. The molecule has 7 nitrogen and oxygen atoms in total. The molecule has 1 saturated heterocycles. The van der Waals surface area contributed by atoms with E-state index in [1.54, 1.807) is 36.3 Å². The average Bonchev–Trinajstić information content (AvgIpc) is 2.96. The molecule has 1 atom stereocenters. The number of benzene rings is 1. The van der Waals surface area contributed by atoms with Crippen LogP contribution in [-0.4, -0.2) is 56.6 Å². The molecule has 0 spiro atoms. The van der Waals surface area contributed by atoms with Gasteiger partial charge in [-0.15, -0.1) is 0 Å². The Morgan fingerprint density at radius 3 is 2.75 bits per heavy atom. The van der Waals surface area contributed by atoms with Crippen LogP contribution >= 0.6 is 0 Å². The summed E-state index contributed by atoms with van der Waals surface area (Å²) < 4.78 is 9.68. The molecule has 24 heavy (non-hydrogen) atoms. The van der Waals surface area contributed by atoms with E-state index in [2.05, 4.69) is 5.32 Å². The number of hydrogen-bond acceptors (Lipinski definition) is 5. The highest BCUT2D eigenvalue weighted by Gasteiger charge is 2.34. The first-order valence-electron chi connectivity index (χ1n) is 7.81. The van der Waals surface area contributed by atoms with E-state index in [1.807, 2.05) is 0 Å². The maximum absolute atomic E-state index is 12.4. The van der Waals surface area contributed by atoms with E-state index in [1.165, 1.54) is 7.11 Å². The number of anilines is 1. The number of carbonyl (C=O) groups excluding carboxylic acids is 3. The summed E-state index contributed by atoms with van der Waals surface area (Å²) >= 11 is 0. The number of para-hydroxylation sites is 1. The number of carbonyl (C=O) groups is 3. The Labute approximate surface area is 140 Å². The van der Waals surface area contributed by atoms with Crippen LogP contribution in [0.25, 0.3) is 0 Å². The van der Waals surface area contributed by atoms with Crippen molar-refractivity contribution in [1.29, 1.82) is 0 Å². The maximum Gasteiger partial charge on any atom is 0.339 e. The van der Waals surface area contributed by atoms with Crippen molar-refractivity contribution in [2.75, 3.05) is 39.2 Å². The highest BCUT2D eigenvalue weighted by molar-refractivity contribution is 6.03. The predicted molar refractivity (Wildman–Crippen MR) is 87.6 cm³/mol. The number of esters is 1. The van der Waals surface area contributed by atoms with Gasteiger partial charge in [0.15, 0.2) is 0 Å². The van der Waals surface area contributed by atoms with Crippen molar-refractivity contribution in [3.8, 4) is 0 Å². The summed E-state index contributed by atoms with van der Waals surface area (Å²) in [5, 5.41) is 2.73. The third-order valence-electron chi connectivity index (χ3n) is 3.95. The van der Waals surface area contributed by atoms with E-state index in [9.17, 15) is 14.4 Å². The molecular weight excluding hydrogens is 312 g/mol. The van der Waals surface area contributed by atoms with Crippen molar-refractivity contribution >= 4 is 23.5 Å². The van der Waals surface area contributed by atoms with Gasteiger partial charge in [-0.2, -0.15) is 0 Å². The van der Waals surface area contributed by atoms with E-state index in [0.29, 0.717) is 25.4 Å². The molecule has 1 N–H and O–H groups in total. The van der Waals surface area contributed by atoms with E-state index >= 15 is 0 Å². The van der Waals surface area contributed by atoms with Gasteiger partial charge in [-0.25, -0.2) is 4.79 Å². The Kier molecular flexibility index (Phi) is 6.31. The molecular formula is C17H22N2O5. The Morgan fingerprint density at radius 1 is 1.29 bits per heavy atom. The van der Waals surface area contributed by atoms with Crippen LogP contribution in [0.5, 0.6) is 0 Å². The quantitative estimate of drug-likeness (QED) is 0.600. The van der Waals surface area contributed by atoms with Gasteiger partial charge in [-0.3, -0.25) is 9.59 Å². The van der Waals surface area contributed by atoms with Gasteiger partial charge in [0.25, 0.3) is 0 Å². The first-order chi connectivity index (χ1) is 11.6. The summed E-state index contributed by atoms with van der Waals surface area (Å²) in [7, 11) is 2.90. The number of nitrogens with one attached hydrogen (secondary N) is 1. The largest absolute Gasteiger partial charge is 0.465 e. The van der Waals surface area contributed by atoms with Crippen molar-refractivity contribution in [2.24, 2.45) is 5.92 Å². The fraction of sp³-hybridized carbons (Fsp3) is 0.471. The van der Waals surface area contributed by atoms with Crippen molar-refractivity contribution in [2.45, 2.75) is 12.8 Å². The summed E-state index contributed by atoms with van der Waals surface area (Å²) in [4.78, 5) is 37.8. The van der Waals surface area contributed by atoms with E-state index in [0.717, 1.165) is 6.42 Å². The Balaban J connectivity index is 1.99. The molecule has 1 aliphatic heterocycles. The third-order valence-corrected chi connectivity index (χ3v) is 3.95. The van der Waals surface area contributed by atoms with Gasteiger partial charge >= 0.3 is 5.97 Å². The van der Waals surface area contributed by atoms with Crippen LogP contribution in [0.1, 0.15) is 23.2 Å². The molecule has 0 aromatic heterocycles. The summed E-state index contributed by atoms with van der Waals surface area (Å²) in [6.45, 7) is 1.54. The van der Waals surface area contributed by atoms with Crippen LogP contribution in [0.2, 0.25) is 0 Å². The van der Waals surface area contributed by atoms with Crippen LogP contribution < -0.4 is 5.32 Å². The maximum atomic E-state index is 12.4. The minimum absolute atomic E-state index is 0.0347. The fourth-order valence-corrected chi connectivity index (χ4v) is 2.68. The SMILES string of the molecule is COCCCN1CC(C(=O)Nc2ccccc2C(=O)OC)CC1=O. The molecule has 1 aromatic rings. The predicted octanol–water partition coefficient (Wildman–Crippen LogP) is 1.30. The van der Waals surface area contributed by atoms with Gasteiger partial charge in [0.05, 0.1) is 24.3 Å². The molecule has 1 aliphatic rings. The molecule has 2 rings (SSSR count). The van der Waals surface area contributed by atoms with Gasteiger partial charge in [-0.05, 0) is 18.6 Å². The lowest BCUT2D eigenvalue weighted by molar-refractivity contribution is -0.128. The molecule has 1 fully saturated rings. The van der Waals surface area contributed by atoms with Crippen LogP contribution in [0.15, 0.2) is 24.3 Å². The number of hydrogen-bond donors (Lipinski definition) is 1. The zero-order valence-electron chi connectivity index (χ0n) is 13.9. The van der Waals surface area contributed by atoms with Crippen LogP contribution in [-0.2, 0) is 19.1 Å². The van der Waals surface area contributed by atoms with Crippen LogP contribution in [0, 0.1) is 5.92 Å². The van der Waals surface area contributed by atoms with E-state index < -0.39 is 11.9 Å². The van der Waals surface area contributed by atoms with Gasteiger partial charge in [0.1, 0.15) is 0 Å². The van der Waals surface area contributed by atoms with Gasteiger partial charge in [-0.1, -0.05) is 12.1 Å². The molecule has 2 amide bonds. The van der Waals surface area contributed by atoms with Crippen molar-refractivity contribution in [1.82, 2.24) is 4.90 Å². The van der Waals surface area contributed by atoms with Crippen molar-refractivity contribution < 1.29 is 23.9 Å². The number of methoxy groups -OCH3 is 2. The molecule has 0 radical (unpaired) electrons. The van der Waals surface area contributed by atoms with Crippen LogP contribution in [0.4, 0.5) is 5.69 Å². The van der Waals surface area contributed by atoms with Gasteiger partial charge < -0.3 is 19.7 Å². The monoisotopic (exact) mass is 334 g/mol. The number of nitrogens with zero attached hydrogens (tertiary/aromatic N) is 1. The van der Waals surface area contributed by atoms with Gasteiger partial charge in [0, 0.05) is 33.2 Å². The average molecular weight is 334 g/mol. The van der Waals surface area contributed by atoms with Crippen LogP contribution in [0.3, 0.4) is 0 Å². The zero-order valence-corrected chi connectivity index (χ0v) is 13.9. The molecule has 1 heterocycles. The fourth-order valence-electron chi connectivity index (χ4n) is 2.68. The Bertz CT molecular complexity index is 617. The highest BCUT2D eigenvalue weighted by atomic mass is 16.5. The first kappa shape index (κ1) is 17.9. The number of ether oxygens (including phenoxy) is 2. The second-order valence-electron chi connectivity index (χ2n) is 5.61. The third kappa shape index (κ3) is 4.32. The summed E-state index contributed by atoms with van der Waals surface area (Å²) in [5.74, 6) is -1.25. The molecule has 0 aliphatic carbocycles. The minimum atomic E-state index is -0.519. The van der Waals surface area contributed by atoms with E-state index in [-0.39, 0.29) is 23.8 Å². The summed E-state index contributed by atoms with van der Waals surface area (Å²) in [6.07, 6.45) is 0.918. The highest BCUT2D eigenvalue weighted by Crippen LogP contribution is 2.22. The normalized spacial score (nSPS) is 17.0. The number of rotatable bonds is 7. The lowest BCUT2D eigenvalue weighted by Crippen LogP contribution is -2.29. The topological polar surface area (TPSA) is 84.9 Å². The lowest BCUT2D eigenvalue weighted by atomic mass is 10.1. The van der Waals surface area contributed by atoms with Gasteiger partial charge in [0.2, 0.25) is 11.8 Å². The Hall–Kier alpha value is -2.41. The molecule has 1 unspecified atom stereocenters. The van der Waals surface area contributed by atoms with Crippen molar-refractivity contribution in [3.63, 3.8) is 0 Å². The molecule has 0 bridgehead atoms. The minimum Gasteiger partial charge on any atom is -0.465 e. The smallest absolute Gasteiger partial charge is 0.339 e. The summed E-state index contributed by atoms with van der Waals surface area (Å²) in [5.41, 5.74) is 0.675. The Morgan fingerprint density at radius 2 is 2.04 bits per heavy atom. The molecule has 0 saturated carbocycles.